The first-order chi connectivity index (χ1) is 18.1. The summed E-state index contributed by atoms with van der Waals surface area (Å²) in [5, 5.41) is 0. The molecule has 0 aromatic heterocycles. The lowest BCUT2D eigenvalue weighted by Gasteiger charge is -2.19. The second kappa shape index (κ2) is 13.4. The number of anilines is 1. The average Bonchev–Trinajstić information content (AvgIpc) is 3.27. The van der Waals surface area contributed by atoms with Gasteiger partial charge in [0.2, 0.25) is 0 Å². The van der Waals surface area contributed by atoms with Gasteiger partial charge in [0.05, 0.1) is 6.67 Å². The first kappa shape index (κ1) is 26.8. The summed E-state index contributed by atoms with van der Waals surface area (Å²) in [5.41, 5.74) is 13.7. The van der Waals surface area contributed by atoms with Crippen LogP contribution in [0, 0.1) is 0 Å². The molecule has 1 saturated heterocycles. The van der Waals surface area contributed by atoms with E-state index in [4.69, 9.17) is 15.2 Å². The summed E-state index contributed by atoms with van der Waals surface area (Å²) in [6.45, 7) is 7.34. The Morgan fingerprint density at radius 1 is 1.22 bits per heavy atom. The highest BCUT2D eigenvalue weighted by Crippen LogP contribution is 2.38. The molecule has 196 valence electrons. The van der Waals surface area contributed by atoms with Gasteiger partial charge in [-0.2, -0.15) is 0 Å². The minimum absolute atomic E-state index is 0.141. The number of hydrogen-bond donors (Lipinski definition) is 1. The van der Waals surface area contributed by atoms with Crippen molar-refractivity contribution in [3.05, 3.63) is 82.5 Å². The largest absolute Gasteiger partial charge is 0.489 e. The predicted molar refractivity (Wildman–Crippen MR) is 152 cm³/mol. The van der Waals surface area contributed by atoms with Gasteiger partial charge < -0.3 is 15.2 Å². The predicted octanol–water partition coefficient (Wildman–Crippen LogP) is 6.31. The van der Waals surface area contributed by atoms with E-state index in [9.17, 15) is 4.39 Å². The normalized spacial score (nSPS) is 18.5. The van der Waals surface area contributed by atoms with Gasteiger partial charge in [-0.1, -0.05) is 36.4 Å². The number of allylic oxidation sites excluding steroid dienone is 4. The molecule has 1 aliphatic heterocycles. The van der Waals surface area contributed by atoms with Gasteiger partial charge in [0.15, 0.2) is 0 Å². The third-order valence-corrected chi connectivity index (χ3v) is 6.81. The number of nitrogens with two attached hydrogens (primary N) is 1. The Morgan fingerprint density at radius 2 is 2.05 bits per heavy atom. The van der Waals surface area contributed by atoms with E-state index in [1.165, 1.54) is 11.1 Å². The first-order valence-corrected chi connectivity index (χ1v) is 13.2. The van der Waals surface area contributed by atoms with Gasteiger partial charge >= 0.3 is 0 Å². The number of fused-ring (bicyclic) bond motifs is 1. The zero-order valence-electron chi connectivity index (χ0n) is 22.0. The van der Waals surface area contributed by atoms with Crippen molar-refractivity contribution in [2.45, 2.75) is 39.2 Å². The molecule has 1 heterocycles. The molecule has 0 bridgehead atoms. The molecular formula is C31H38FN3O2. The lowest BCUT2D eigenvalue weighted by Crippen LogP contribution is -2.26. The van der Waals surface area contributed by atoms with E-state index in [1.807, 2.05) is 32.2 Å². The molecule has 1 unspecified atom stereocenters. The molecule has 0 spiro atoms. The maximum atomic E-state index is 12.5. The highest BCUT2D eigenvalue weighted by atomic mass is 19.1. The van der Waals surface area contributed by atoms with Crippen molar-refractivity contribution < 1.29 is 13.9 Å². The quantitative estimate of drug-likeness (QED) is 0.222. The molecule has 0 radical (unpaired) electrons. The number of ether oxygens (including phenoxy) is 2. The molecule has 1 fully saturated rings. The monoisotopic (exact) mass is 503 g/mol. The fourth-order valence-electron chi connectivity index (χ4n) is 4.99. The summed E-state index contributed by atoms with van der Waals surface area (Å²) < 4.78 is 24.2. The van der Waals surface area contributed by atoms with E-state index in [0.717, 1.165) is 66.2 Å². The summed E-state index contributed by atoms with van der Waals surface area (Å²) in [6.07, 6.45) is 10.8. The molecular weight excluding hydrogens is 465 g/mol. The van der Waals surface area contributed by atoms with Crippen LogP contribution in [0.2, 0.25) is 0 Å². The van der Waals surface area contributed by atoms with Crippen molar-refractivity contribution >= 4 is 23.6 Å². The van der Waals surface area contributed by atoms with Crippen LogP contribution in [0.3, 0.4) is 0 Å². The maximum Gasteiger partial charge on any atom is 0.137 e. The highest BCUT2D eigenvalue weighted by Gasteiger charge is 2.24. The first-order valence-electron chi connectivity index (χ1n) is 13.2. The van der Waals surface area contributed by atoms with Gasteiger partial charge in [-0.05, 0) is 90.8 Å². The average molecular weight is 504 g/mol. The van der Waals surface area contributed by atoms with Gasteiger partial charge in [0.1, 0.15) is 18.6 Å². The fraction of sp³-hybridized carbons (Fsp3) is 0.387. The summed E-state index contributed by atoms with van der Waals surface area (Å²) in [7, 11) is 0. The van der Waals surface area contributed by atoms with Gasteiger partial charge in [-0.25, -0.2) is 0 Å². The summed E-state index contributed by atoms with van der Waals surface area (Å²) in [4.78, 5) is 6.77. The molecule has 6 heteroatoms. The number of nitrogens with zero attached hydrogens (tertiary/aromatic N) is 2. The van der Waals surface area contributed by atoms with Crippen LogP contribution in [0.4, 0.5) is 10.1 Å². The van der Waals surface area contributed by atoms with Crippen molar-refractivity contribution in [1.29, 1.82) is 0 Å². The number of aliphatic imine (C=N–C) groups is 1. The molecule has 2 aromatic carbocycles. The van der Waals surface area contributed by atoms with Crippen molar-refractivity contribution in [3.8, 4) is 5.75 Å². The molecule has 0 saturated carbocycles. The Morgan fingerprint density at radius 3 is 2.81 bits per heavy atom. The van der Waals surface area contributed by atoms with Crippen LogP contribution < -0.4 is 10.5 Å². The summed E-state index contributed by atoms with van der Waals surface area (Å²) >= 11 is 0. The number of benzene rings is 2. The molecule has 1 atom stereocenters. The summed E-state index contributed by atoms with van der Waals surface area (Å²) in [6, 6.07) is 14.5. The SMILES string of the molecule is C/C=C(\C=N/COCC)C1=C(c2ccc(OC3CCN(CCCF)C3)cc2)c2ccc(N)cc2C=CC1. The van der Waals surface area contributed by atoms with Crippen LogP contribution in [0.15, 0.2) is 70.8 Å². The molecule has 0 amide bonds. The van der Waals surface area contributed by atoms with E-state index in [0.29, 0.717) is 19.8 Å². The molecule has 37 heavy (non-hydrogen) atoms. The third-order valence-electron chi connectivity index (χ3n) is 6.81. The Hall–Kier alpha value is -3.22. The minimum atomic E-state index is -0.264. The number of hydrogen-bond acceptors (Lipinski definition) is 5. The second-order valence-electron chi connectivity index (χ2n) is 9.38. The van der Waals surface area contributed by atoms with Crippen molar-refractivity contribution in [2.24, 2.45) is 4.99 Å². The maximum absolute atomic E-state index is 12.5. The highest BCUT2D eigenvalue weighted by molar-refractivity contribution is 5.97. The van der Waals surface area contributed by atoms with E-state index in [-0.39, 0.29) is 12.8 Å². The number of halogens is 1. The van der Waals surface area contributed by atoms with Gasteiger partial charge in [-0.15, -0.1) is 0 Å². The molecule has 2 aromatic rings. The van der Waals surface area contributed by atoms with Crippen LogP contribution in [0.5, 0.6) is 5.75 Å². The Bertz CT molecular complexity index is 1170. The molecule has 2 N–H and O–H groups in total. The van der Waals surface area contributed by atoms with Crippen molar-refractivity contribution in [3.63, 3.8) is 0 Å². The van der Waals surface area contributed by atoms with Gasteiger partial charge in [-0.3, -0.25) is 14.3 Å². The number of nitrogen functional groups attached to an aromatic ring is 1. The van der Waals surface area contributed by atoms with Gasteiger partial charge in [0.25, 0.3) is 0 Å². The Kier molecular flexibility index (Phi) is 9.69. The lowest BCUT2D eigenvalue weighted by molar-refractivity contribution is 0.156. The van der Waals surface area contributed by atoms with Gasteiger partial charge in [0, 0.05) is 38.1 Å². The smallest absolute Gasteiger partial charge is 0.137 e. The second-order valence-corrected chi connectivity index (χ2v) is 9.38. The summed E-state index contributed by atoms with van der Waals surface area (Å²) in [5.74, 6) is 0.858. The molecule has 5 nitrogen and oxygen atoms in total. The van der Waals surface area contributed by atoms with Crippen LogP contribution in [0.1, 0.15) is 49.8 Å². The Labute approximate surface area is 220 Å². The standard InChI is InChI=1S/C31H38FN3O2/c1-3-23(20-34-22-36-4-2)29-8-5-7-25-19-26(33)11-14-30(25)31(29)24-9-12-27(13-10-24)37-28-15-18-35(21-28)17-6-16-32/h3,5,7,9-14,19-20,28H,4,6,8,15-18,21-22,33H2,1-2H3/b23-3+,34-20-. The Balaban J connectivity index is 1.64. The van der Waals surface area contributed by atoms with Crippen LogP contribution in [0.25, 0.3) is 11.6 Å². The van der Waals surface area contributed by atoms with E-state index >= 15 is 0 Å². The van der Waals surface area contributed by atoms with E-state index < -0.39 is 0 Å². The van der Waals surface area contributed by atoms with Crippen LogP contribution in [-0.4, -0.2) is 56.9 Å². The van der Waals surface area contributed by atoms with Crippen LogP contribution >= 0.6 is 0 Å². The van der Waals surface area contributed by atoms with E-state index in [1.54, 1.807) is 0 Å². The zero-order valence-corrected chi connectivity index (χ0v) is 22.0. The minimum Gasteiger partial charge on any atom is -0.489 e. The number of alkyl halides is 1. The van der Waals surface area contributed by atoms with Crippen LogP contribution in [-0.2, 0) is 4.74 Å². The number of rotatable bonds is 11. The zero-order chi connectivity index (χ0) is 26.0. The van der Waals surface area contributed by atoms with Crippen molar-refractivity contribution in [1.82, 2.24) is 4.90 Å². The van der Waals surface area contributed by atoms with E-state index in [2.05, 4.69) is 58.5 Å². The number of likely N-dealkylation sites (tertiary alicyclic amines) is 1. The lowest BCUT2D eigenvalue weighted by atomic mass is 9.87. The molecule has 2 aliphatic rings. The van der Waals surface area contributed by atoms with Crippen molar-refractivity contribution in [2.75, 3.05) is 45.4 Å². The third kappa shape index (κ3) is 6.96. The fourth-order valence-corrected chi connectivity index (χ4v) is 4.99. The molecule has 1 aliphatic carbocycles. The topological polar surface area (TPSA) is 60.1 Å². The molecule has 4 rings (SSSR count).